The van der Waals surface area contributed by atoms with Gasteiger partial charge in [0.05, 0.1) is 11.5 Å². The number of nitrogens with one attached hydrogen (secondary N) is 2. The molecule has 26 heavy (non-hydrogen) atoms. The number of likely N-dealkylation sites (N-methyl/N-ethyl adjacent to an activating group) is 1. The van der Waals surface area contributed by atoms with Gasteiger partial charge in [-0.25, -0.2) is 0 Å². The molecule has 0 heterocycles. The fraction of sp³-hybridized carbons (Fsp3) is 0.222. The van der Waals surface area contributed by atoms with Crippen LogP contribution in [0.2, 0.25) is 0 Å². The predicted octanol–water partition coefficient (Wildman–Crippen LogP) is 2.02. The second kappa shape index (κ2) is 8.72. The minimum atomic E-state index is -0.534. The summed E-state index contributed by atoms with van der Waals surface area (Å²) in [4.78, 5) is 35.9. The molecular weight excluding hydrogens is 336 g/mol. The van der Waals surface area contributed by atoms with Crippen LogP contribution >= 0.6 is 0 Å². The van der Waals surface area contributed by atoms with Crippen LogP contribution in [0.5, 0.6) is 0 Å². The van der Waals surface area contributed by atoms with E-state index in [1.165, 1.54) is 12.1 Å². The third kappa shape index (κ3) is 5.12. The lowest BCUT2D eigenvalue weighted by molar-refractivity contribution is -0.383. The third-order valence-corrected chi connectivity index (χ3v) is 3.68. The third-order valence-electron chi connectivity index (χ3n) is 3.68. The molecule has 0 aliphatic heterocycles. The van der Waals surface area contributed by atoms with E-state index in [9.17, 15) is 19.7 Å². The van der Waals surface area contributed by atoms with Crippen LogP contribution in [-0.4, -0.2) is 42.3 Å². The Bertz CT molecular complexity index is 805. The molecule has 0 saturated heterocycles. The fourth-order valence-electron chi connectivity index (χ4n) is 2.45. The molecule has 0 spiro atoms. The van der Waals surface area contributed by atoms with E-state index >= 15 is 0 Å². The minimum absolute atomic E-state index is 0.0727. The van der Waals surface area contributed by atoms with Gasteiger partial charge in [0.15, 0.2) is 0 Å². The lowest BCUT2D eigenvalue weighted by Gasteiger charge is -2.16. The highest BCUT2D eigenvalue weighted by molar-refractivity contribution is 5.94. The summed E-state index contributed by atoms with van der Waals surface area (Å²) in [6.07, 6.45) is 0. The predicted molar refractivity (Wildman–Crippen MR) is 97.9 cm³/mol. The molecule has 2 amide bonds. The Labute approximate surface area is 151 Å². The van der Waals surface area contributed by atoms with E-state index in [4.69, 9.17) is 0 Å². The van der Waals surface area contributed by atoms with Crippen molar-refractivity contribution in [2.24, 2.45) is 0 Å². The van der Waals surface area contributed by atoms with Crippen LogP contribution in [0.3, 0.4) is 0 Å². The standard InChI is InChI=1S/C18H20N4O4/c1-19-18(24)14-9-7-13(8-10-14)11-21(2)12-17(23)20-15-5-3-4-6-16(15)22(25)26/h3-10H,11-12H2,1-2H3,(H,19,24)(H,20,23). The second-order valence-electron chi connectivity index (χ2n) is 5.77. The van der Waals surface area contributed by atoms with Crippen molar-refractivity contribution in [2.75, 3.05) is 26.0 Å². The minimum Gasteiger partial charge on any atom is -0.355 e. The summed E-state index contributed by atoms with van der Waals surface area (Å²) in [5.41, 5.74) is 1.53. The lowest BCUT2D eigenvalue weighted by atomic mass is 10.1. The number of carbonyl (C=O) groups excluding carboxylic acids is 2. The van der Waals surface area contributed by atoms with Crippen LogP contribution in [0.15, 0.2) is 48.5 Å². The van der Waals surface area contributed by atoms with Crippen LogP contribution in [0.4, 0.5) is 11.4 Å². The van der Waals surface area contributed by atoms with Gasteiger partial charge in [-0.3, -0.25) is 24.6 Å². The first-order valence-corrected chi connectivity index (χ1v) is 7.93. The van der Waals surface area contributed by atoms with E-state index in [1.54, 1.807) is 43.3 Å². The van der Waals surface area contributed by atoms with Crippen LogP contribution in [0.1, 0.15) is 15.9 Å². The monoisotopic (exact) mass is 356 g/mol. The van der Waals surface area contributed by atoms with Crippen molar-refractivity contribution >= 4 is 23.2 Å². The molecule has 8 nitrogen and oxygen atoms in total. The van der Waals surface area contributed by atoms with Crippen molar-refractivity contribution in [3.05, 3.63) is 69.8 Å². The summed E-state index contributed by atoms with van der Waals surface area (Å²) < 4.78 is 0. The highest BCUT2D eigenvalue weighted by Crippen LogP contribution is 2.23. The smallest absolute Gasteiger partial charge is 0.292 e. The van der Waals surface area contributed by atoms with Gasteiger partial charge in [0.25, 0.3) is 11.6 Å². The second-order valence-corrected chi connectivity index (χ2v) is 5.77. The molecule has 0 aliphatic rings. The van der Waals surface area contributed by atoms with Crippen molar-refractivity contribution in [1.29, 1.82) is 0 Å². The molecule has 0 bridgehead atoms. The molecule has 2 aromatic carbocycles. The Kier molecular flexibility index (Phi) is 6.40. The van der Waals surface area contributed by atoms with Gasteiger partial charge in [0.1, 0.15) is 5.69 Å². The number of nitrogens with zero attached hydrogens (tertiary/aromatic N) is 2. The highest BCUT2D eigenvalue weighted by atomic mass is 16.6. The maximum Gasteiger partial charge on any atom is 0.292 e. The van der Waals surface area contributed by atoms with Gasteiger partial charge in [0.2, 0.25) is 5.91 Å². The van der Waals surface area contributed by atoms with Crippen molar-refractivity contribution < 1.29 is 14.5 Å². The van der Waals surface area contributed by atoms with Crippen LogP contribution < -0.4 is 10.6 Å². The van der Waals surface area contributed by atoms with E-state index in [-0.39, 0.29) is 29.7 Å². The summed E-state index contributed by atoms with van der Waals surface area (Å²) >= 11 is 0. The summed E-state index contributed by atoms with van der Waals surface area (Å²) in [5.74, 6) is -0.502. The number of para-hydroxylation sites is 2. The van der Waals surface area contributed by atoms with E-state index in [0.717, 1.165) is 5.56 Å². The molecular formula is C18H20N4O4. The van der Waals surface area contributed by atoms with Gasteiger partial charge < -0.3 is 10.6 Å². The summed E-state index contributed by atoms with van der Waals surface area (Å²) in [6.45, 7) is 0.571. The summed E-state index contributed by atoms with van der Waals surface area (Å²) in [6, 6.07) is 13.1. The number of nitro benzene ring substituents is 1. The van der Waals surface area contributed by atoms with Gasteiger partial charge in [0, 0.05) is 25.2 Å². The summed E-state index contributed by atoms with van der Waals surface area (Å²) in [7, 11) is 3.34. The molecule has 8 heteroatoms. The molecule has 2 N–H and O–H groups in total. The Balaban J connectivity index is 1.93. The van der Waals surface area contributed by atoms with Crippen molar-refractivity contribution in [3.8, 4) is 0 Å². The quantitative estimate of drug-likeness (QED) is 0.583. The van der Waals surface area contributed by atoms with Gasteiger partial charge in [-0.2, -0.15) is 0 Å². The van der Waals surface area contributed by atoms with E-state index < -0.39 is 4.92 Å². The number of hydrogen-bond donors (Lipinski definition) is 2. The SMILES string of the molecule is CNC(=O)c1ccc(CN(C)CC(=O)Nc2ccccc2[N+](=O)[O-])cc1. The maximum absolute atomic E-state index is 12.1. The topological polar surface area (TPSA) is 105 Å². The number of carbonyl (C=O) groups is 2. The molecule has 0 unspecified atom stereocenters. The number of anilines is 1. The number of amides is 2. The molecule has 0 aliphatic carbocycles. The number of hydrogen-bond acceptors (Lipinski definition) is 5. The molecule has 2 aromatic rings. The van der Waals surface area contributed by atoms with Crippen LogP contribution in [-0.2, 0) is 11.3 Å². The summed E-state index contributed by atoms with van der Waals surface area (Å²) in [5, 5.41) is 16.1. The molecule has 0 atom stereocenters. The maximum atomic E-state index is 12.1. The van der Waals surface area contributed by atoms with E-state index in [0.29, 0.717) is 12.1 Å². The van der Waals surface area contributed by atoms with Crippen molar-refractivity contribution in [3.63, 3.8) is 0 Å². The zero-order valence-electron chi connectivity index (χ0n) is 14.6. The zero-order valence-corrected chi connectivity index (χ0v) is 14.6. The first-order valence-electron chi connectivity index (χ1n) is 7.93. The number of benzene rings is 2. The Morgan fingerprint density at radius 3 is 2.38 bits per heavy atom. The molecule has 0 radical (unpaired) electrons. The first-order chi connectivity index (χ1) is 12.4. The average Bonchev–Trinajstić information content (AvgIpc) is 2.61. The van der Waals surface area contributed by atoms with Crippen LogP contribution in [0, 0.1) is 10.1 Å². The fourth-order valence-corrected chi connectivity index (χ4v) is 2.45. The lowest BCUT2D eigenvalue weighted by Crippen LogP contribution is -2.30. The average molecular weight is 356 g/mol. The Hall–Kier alpha value is -3.26. The largest absolute Gasteiger partial charge is 0.355 e. The number of nitro groups is 1. The normalized spacial score (nSPS) is 10.4. The Morgan fingerprint density at radius 2 is 1.77 bits per heavy atom. The van der Waals surface area contributed by atoms with E-state index in [1.807, 2.05) is 12.1 Å². The van der Waals surface area contributed by atoms with Crippen molar-refractivity contribution in [1.82, 2.24) is 10.2 Å². The molecule has 0 saturated carbocycles. The van der Waals surface area contributed by atoms with E-state index in [2.05, 4.69) is 10.6 Å². The molecule has 0 aromatic heterocycles. The Morgan fingerprint density at radius 1 is 1.12 bits per heavy atom. The molecule has 136 valence electrons. The first kappa shape index (κ1) is 19.1. The molecule has 0 fully saturated rings. The zero-order chi connectivity index (χ0) is 19.1. The highest BCUT2D eigenvalue weighted by Gasteiger charge is 2.15. The van der Waals surface area contributed by atoms with Gasteiger partial charge in [-0.05, 0) is 30.8 Å². The van der Waals surface area contributed by atoms with Crippen molar-refractivity contribution in [2.45, 2.75) is 6.54 Å². The van der Waals surface area contributed by atoms with Gasteiger partial charge in [-0.1, -0.05) is 24.3 Å². The van der Waals surface area contributed by atoms with Gasteiger partial charge in [-0.15, -0.1) is 0 Å². The van der Waals surface area contributed by atoms with Crippen LogP contribution in [0.25, 0.3) is 0 Å². The molecule has 2 rings (SSSR count). The van der Waals surface area contributed by atoms with Gasteiger partial charge >= 0.3 is 0 Å². The number of rotatable bonds is 7.